The zero-order chi connectivity index (χ0) is 17.6. The third-order valence-electron chi connectivity index (χ3n) is 4.98. The summed E-state index contributed by atoms with van der Waals surface area (Å²) in [7, 11) is 3.23. The van der Waals surface area contributed by atoms with Crippen molar-refractivity contribution in [2.45, 2.75) is 25.5 Å². The molecule has 0 aliphatic carbocycles. The van der Waals surface area contributed by atoms with E-state index >= 15 is 0 Å². The molecule has 0 unspecified atom stereocenters. The van der Waals surface area contributed by atoms with E-state index in [-0.39, 0.29) is 17.4 Å². The van der Waals surface area contributed by atoms with Crippen molar-refractivity contribution in [3.63, 3.8) is 0 Å². The van der Waals surface area contributed by atoms with Gasteiger partial charge in [0.05, 0.1) is 22.7 Å². The lowest BCUT2D eigenvalue weighted by molar-refractivity contribution is 0.0975. The summed E-state index contributed by atoms with van der Waals surface area (Å²) < 4.78 is 10.6. The van der Waals surface area contributed by atoms with Gasteiger partial charge < -0.3 is 9.30 Å². The monoisotopic (exact) mass is 339 g/mol. The van der Waals surface area contributed by atoms with E-state index in [1.807, 2.05) is 36.5 Å². The lowest BCUT2D eigenvalue weighted by Crippen LogP contribution is -2.36. The van der Waals surface area contributed by atoms with Crippen molar-refractivity contribution < 1.29 is 4.74 Å². The van der Waals surface area contributed by atoms with Crippen molar-refractivity contribution >= 4 is 10.9 Å². The van der Waals surface area contributed by atoms with Crippen LogP contribution in [0.5, 0.6) is 0 Å². The molecule has 6 heteroatoms. The number of aryl methyl sites for hydroxylation is 1. The summed E-state index contributed by atoms with van der Waals surface area (Å²) in [6.45, 7) is 1.46. The average Bonchev–Trinajstić information content (AvgIpc) is 3.27. The van der Waals surface area contributed by atoms with Gasteiger partial charge in [0.25, 0.3) is 5.56 Å². The second-order valence-electron chi connectivity index (χ2n) is 6.60. The van der Waals surface area contributed by atoms with E-state index in [4.69, 9.17) is 4.74 Å². The van der Waals surface area contributed by atoms with Crippen LogP contribution in [0.2, 0.25) is 0 Å². The van der Waals surface area contributed by atoms with Gasteiger partial charge in [-0.1, -0.05) is 30.3 Å². The molecule has 1 aliphatic heterocycles. The first kappa shape index (κ1) is 15.9. The van der Waals surface area contributed by atoms with E-state index in [1.165, 1.54) is 16.2 Å². The summed E-state index contributed by atoms with van der Waals surface area (Å²) in [6.07, 6.45) is 4.12. The Hall–Kier alpha value is -2.60. The van der Waals surface area contributed by atoms with Crippen molar-refractivity contribution in [1.82, 2.24) is 13.7 Å². The molecule has 0 bridgehead atoms. The van der Waals surface area contributed by atoms with E-state index in [2.05, 4.69) is 4.57 Å². The van der Waals surface area contributed by atoms with Gasteiger partial charge in [-0.25, -0.2) is 4.79 Å². The van der Waals surface area contributed by atoms with Crippen LogP contribution < -0.4 is 11.2 Å². The predicted molar refractivity (Wildman–Crippen MR) is 96.8 cm³/mol. The average molecular weight is 339 g/mol. The molecule has 1 saturated heterocycles. The zero-order valence-electron chi connectivity index (χ0n) is 14.4. The number of fused-ring (bicyclic) bond motifs is 1. The van der Waals surface area contributed by atoms with Gasteiger partial charge >= 0.3 is 5.69 Å². The molecule has 0 saturated carbocycles. The molecule has 0 N–H and O–H groups in total. The van der Waals surface area contributed by atoms with Crippen molar-refractivity contribution in [1.29, 1.82) is 0 Å². The van der Waals surface area contributed by atoms with Gasteiger partial charge in [0.1, 0.15) is 0 Å². The van der Waals surface area contributed by atoms with Crippen LogP contribution in [0.1, 0.15) is 12.8 Å². The molecule has 1 aliphatic rings. The fourth-order valence-corrected chi connectivity index (χ4v) is 3.65. The fourth-order valence-electron chi connectivity index (χ4n) is 3.65. The highest BCUT2D eigenvalue weighted by atomic mass is 16.5. The molecule has 130 valence electrons. The maximum Gasteiger partial charge on any atom is 0.330 e. The smallest absolute Gasteiger partial charge is 0.330 e. The first-order chi connectivity index (χ1) is 12.1. The molecule has 4 rings (SSSR count). The summed E-state index contributed by atoms with van der Waals surface area (Å²) in [5, 5.41) is 0.578. The Morgan fingerprint density at radius 2 is 1.88 bits per heavy atom. The molecular weight excluding hydrogens is 318 g/mol. The first-order valence-corrected chi connectivity index (χ1v) is 8.54. The number of ether oxygens (including phenoxy) is 1. The van der Waals surface area contributed by atoms with Crippen LogP contribution in [0.4, 0.5) is 0 Å². The van der Waals surface area contributed by atoms with Crippen LogP contribution >= 0.6 is 0 Å². The van der Waals surface area contributed by atoms with E-state index in [0.29, 0.717) is 17.4 Å². The van der Waals surface area contributed by atoms with Crippen molar-refractivity contribution in [3.8, 4) is 11.3 Å². The van der Waals surface area contributed by atoms with Crippen LogP contribution in [0, 0.1) is 0 Å². The Balaban J connectivity index is 2.03. The normalized spacial score (nSPS) is 17.4. The summed E-state index contributed by atoms with van der Waals surface area (Å²) >= 11 is 0. The van der Waals surface area contributed by atoms with Gasteiger partial charge in [0.2, 0.25) is 0 Å². The number of hydrogen-bond donors (Lipinski definition) is 0. The second-order valence-corrected chi connectivity index (χ2v) is 6.60. The molecule has 2 aromatic heterocycles. The van der Waals surface area contributed by atoms with Crippen molar-refractivity contribution in [2.75, 3.05) is 6.61 Å². The molecule has 1 atom stereocenters. The summed E-state index contributed by atoms with van der Waals surface area (Å²) in [5.41, 5.74) is 1.90. The number of hydrogen-bond acceptors (Lipinski definition) is 3. The molecule has 0 spiro atoms. The van der Waals surface area contributed by atoms with Gasteiger partial charge in [0.15, 0.2) is 0 Å². The molecule has 0 radical (unpaired) electrons. The Morgan fingerprint density at radius 3 is 2.56 bits per heavy atom. The Bertz CT molecular complexity index is 1040. The third kappa shape index (κ3) is 2.53. The lowest BCUT2D eigenvalue weighted by atomic mass is 10.1. The zero-order valence-corrected chi connectivity index (χ0v) is 14.4. The minimum atomic E-state index is -0.314. The largest absolute Gasteiger partial charge is 0.376 e. The lowest BCUT2D eigenvalue weighted by Gasteiger charge is -2.14. The van der Waals surface area contributed by atoms with Gasteiger partial charge in [0, 0.05) is 33.4 Å². The van der Waals surface area contributed by atoms with Gasteiger partial charge in [-0.15, -0.1) is 0 Å². The predicted octanol–water partition coefficient (Wildman–Crippen LogP) is 1.88. The van der Waals surface area contributed by atoms with E-state index in [9.17, 15) is 9.59 Å². The van der Waals surface area contributed by atoms with Crippen molar-refractivity contribution in [3.05, 3.63) is 57.4 Å². The molecule has 0 amide bonds. The topological polar surface area (TPSA) is 58.2 Å². The molecule has 3 heterocycles. The highest BCUT2D eigenvalue weighted by molar-refractivity contribution is 5.93. The molecule has 25 heavy (non-hydrogen) atoms. The van der Waals surface area contributed by atoms with Gasteiger partial charge in [-0.2, -0.15) is 0 Å². The summed E-state index contributed by atoms with van der Waals surface area (Å²) in [4.78, 5) is 25.1. The number of aromatic nitrogens is 3. The Kier molecular flexibility index (Phi) is 3.84. The van der Waals surface area contributed by atoms with Crippen LogP contribution in [-0.2, 0) is 25.4 Å². The molecule has 1 aromatic carbocycles. The van der Waals surface area contributed by atoms with E-state index in [1.54, 1.807) is 7.05 Å². The molecular formula is C19H21N3O3. The van der Waals surface area contributed by atoms with E-state index < -0.39 is 0 Å². The fraction of sp³-hybridized carbons (Fsp3) is 0.368. The number of rotatable bonds is 3. The minimum absolute atomic E-state index is 0.144. The quantitative estimate of drug-likeness (QED) is 0.732. The van der Waals surface area contributed by atoms with Crippen LogP contribution in [0.3, 0.4) is 0 Å². The van der Waals surface area contributed by atoms with Crippen molar-refractivity contribution in [2.24, 2.45) is 14.1 Å². The minimum Gasteiger partial charge on any atom is -0.376 e. The first-order valence-electron chi connectivity index (χ1n) is 8.54. The van der Waals surface area contributed by atoms with E-state index in [0.717, 1.165) is 30.7 Å². The maximum atomic E-state index is 12.9. The Labute approximate surface area is 144 Å². The highest BCUT2D eigenvalue weighted by Crippen LogP contribution is 2.29. The third-order valence-corrected chi connectivity index (χ3v) is 4.98. The number of nitrogens with zero attached hydrogens (tertiary/aromatic N) is 3. The Morgan fingerprint density at radius 1 is 1.12 bits per heavy atom. The van der Waals surface area contributed by atoms with Crippen LogP contribution in [0.15, 0.2) is 46.1 Å². The standard InChI is InChI=1S/C19H21N3O3/c1-20-15-12-22(11-14-9-6-10-25-14)17(13-7-4-3-5-8-13)16(15)18(23)21(2)19(20)24/h3-5,7-8,12,14H,6,9-11H2,1-2H3/t14-/m0/s1. The molecule has 3 aromatic rings. The molecule has 6 nitrogen and oxygen atoms in total. The summed E-state index contributed by atoms with van der Waals surface area (Å²) in [5.74, 6) is 0. The highest BCUT2D eigenvalue weighted by Gasteiger charge is 2.22. The number of benzene rings is 1. The SMILES string of the molecule is Cn1c(=O)c2c(-c3ccccc3)n(C[C@@H]3CCCO3)cc2n(C)c1=O. The van der Waals surface area contributed by atoms with Crippen LogP contribution in [-0.4, -0.2) is 26.4 Å². The second kappa shape index (κ2) is 6.04. The molecule has 1 fully saturated rings. The van der Waals surface area contributed by atoms with Gasteiger partial charge in [-0.05, 0) is 18.4 Å². The van der Waals surface area contributed by atoms with Crippen LogP contribution in [0.25, 0.3) is 22.2 Å². The summed E-state index contributed by atoms with van der Waals surface area (Å²) in [6, 6.07) is 9.84. The van der Waals surface area contributed by atoms with Gasteiger partial charge in [-0.3, -0.25) is 13.9 Å². The maximum absolute atomic E-state index is 12.9.